The number of hydrogen-bond donors (Lipinski definition) is 5. The molecule has 1 aliphatic heterocycles. The molecule has 5 atom stereocenters. The normalized spacial score (nSPS) is 28.6. The molecule has 2 aromatic carbocycles. The molecule has 2 aliphatic carbocycles. The third-order valence-corrected chi connectivity index (χ3v) is 7.82. The summed E-state index contributed by atoms with van der Waals surface area (Å²) in [7, 11) is 0. The molecule has 0 aromatic heterocycles. The zero-order valence-electron chi connectivity index (χ0n) is 21.7. The van der Waals surface area contributed by atoms with Crippen LogP contribution in [-0.2, 0) is 15.9 Å². The molecule has 1 saturated heterocycles. The minimum Gasteiger partial charge on any atom is -0.507 e. The van der Waals surface area contributed by atoms with Crippen molar-refractivity contribution in [3.05, 3.63) is 69.8 Å². The molecule has 5 N–H and O–H groups in total. The van der Waals surface area contributed by atoms with Crippen molar-refractivity contribution in [3.63, 3.8) is 0 Å². The van der Waals surface area contributed by atoms with E-state index in [9.17, 15) is 30.0 Å². The lowest BCUT2D eigenvalue weighted by molar-refractivity contribution is -0.238. The van der Waals surface area contributed by atoms with E-state index in [1.165, 1.54) is 12.1 Å². The van der Waals surface area contributed by atoms with E-state index in [0.717, 1.165) is 5.57 Å². The molecule has 3 aliphatic rings. The van der Waals surface area contributed by atoms with Gasteiger partial charge in [0.05, 0.1) is 29.9 Å². The Balaban J connectivity index is 1.69. The van der Waals surface area contributed by atoms with Crippen LogP contribution in [0.3, 0.4) is 0 Å². The van der Waals surface area contributed by atoms with Crippen LogP contribution in [0, 0.1) is 0 Å². The molecule has 0 radical (unpaired) electrons. The first kappa shape index (κ1) is 26.5. The number of ether oxygens (including phenoxy) is 2. The number of aliphatic hydroxyl groups is 2. The molecule has 2 aromatic rings. The summed E-state index contributed by atoms with van der Waals surface area (Å²) in [5.74, 6) is -1.89. The number of nitrogens with one attached hydrogen (secondary N) is 1. The fourth-order valence-electron chi connectivity index (χ4n) is 5.95. The second-order valence-corrected chi connectivity index (χ2v) is 10.8. The molecule has 38 heavy (non-hydrogen) atoms. The summed E-state index contributed by atoms with van der Waals surface area (Å²) < 4.78 is 11.9. The van der Waals surface area contributed by atoms with Crippen molar-refractivity contribution < 1.29 is 39.5 Å². The van der Waals surface area contributed by atoms with E-state index in [-0.39, 0.29) is 71.0 Å². The van der Waals surface area contributed by atoms with Crippen molar-refractivity contribution in [2.24, 2.45) is 0 Å². The minimum atomic E-state index is -1.06. The van der Waals surface area contributed by atoms with E-state index >= 15 is 0 Å². The Kier molecular flexibility index (Phi) is 6.69. The van der Waals surface area contributed by atoms with E-state index in [4.69, 9.17) is 9.47 Å². The highest BCUT2D eigenvalue weighted by Gasteiger charge is 2.48. The number of ketones is 2. The van der Waals surface area contributed by atoms with Gasteiger partial charge in [-0.15, -0.1) is 0 Å². The van der Waals surface area contributed by atoms with Crippen LogP contribution in [0.4, 0.5) is 0 Å². The average Bonchev–Trinajstić information content (AvgIpc) is 2.86. The maximum absolute atomic E-state index is 13.5. The molecule has 9 nitrogen and oxygen atoms in total. The van der Waals surface area contributed by atoms with Crippen molar-refractivity contribution in [1.29, 1.82) is 0 Å². The molecule has 9 heteroatoms. The Bertz CT molecular complexity index is 1330. The Morgan fingerprint density at radius 2 is 1.68 bits per heavy atom. The van der Waals surface area contributed by atoms with Gasteiger partial charge in [0, 0.05) is 46.7 Å². The Hall–Kier alpha value is -3.08. The van der Waals surface area contributed by atoms with Crippen molar-refractivity contribution >= 4 is 11.6 Å². The van der Waals surface area contributed by atoms with Gasteiger partial charge in [-0.25, -0.2) is 0 Å². The summed E-state index contributed by atoms with van der Waals surface area (Å²) in [6.07, 6.45) is -3.45. The highest BCUT2D eigenvalue weighted by molar-refractivity contribution is 6.30. The number of aliphatic hydroxyl groups excluding tert-OH is 2. The number of phenols is 2. The van der Waals surface area contributed by atoms with Crippen LogP contribution >= 0.6 is 0 Å². The monoisotopic (exact) mass is 523 g/mol. The summed E-state index contributed by atoms with van der Waals surface area (Å²) in [5.41, 5.74) is 0.303. The molecule has 0 spiro atoms. The number of aromatic hydroxyl groups is 2. The zero-order chi connectivity index (χ0) is 27.5. The molecular weight excluding hydrogens is 490 g/mol. The van der Waals surface area contributed by atoms with Gasteiger partial charge in [-0.05, 0) is 13.3 Å². The van der Waals surface area contributed by atoms with Crippen molar-refractivity contribution in [2.45, 2.75) is 76.2 Å². The molecule has 0 saturated carbocycles. The number of hydrogen-bond acceptors (Lipinski definition) is 9. The van der Waals surface area contributed by atoms with Crippen LogP contribution in [0.2, 0.25) is 0 Å². The lowest BCUT2D eigenvalue weighted by atomic mass is 9.69. The molecule has 5 rings (SSSR count). The van der Waals surface area contributed by atoms with Gasteiger partial charge in [0.1, 0.15) is 17.6 Å². The van der Waals surface area contributed by atoms with Gasteiger partial charge in [0.15, 0.2) is 17.9 Å². The molecular formula is C29H33NO8. The predicted octanol–water partition coefficient (Wildman–Crippen LogP) is 2.66. The fraction of sp³-hybridized carbons (Fsp3) is 0.448. The number of fused-ring (bicyclic) bond motifs is 3. The van der Waals surface area contributed by atoms with E-state index in [0.29, 0.717) is 0 Å². The summed E-state index contributed by atoms with van der Waals surface area (Å²) in [6, 6.07) is 6.33. The van der Waals surface area contributed by atoms with E-state index in [1.807, 2.05) is 20.8 Å². The first-order valence-electron chi connectivity index (χ1n) is 12.8. The highest BCUT2D eigenvalue weighted by Crippen LogP contribution is 2.52. The zero-order valence-corrected chi connectivity index (χ0v) is 21.7. The van der Waals surface area contributed by atoms with Gasteiger partial charge in [0.25, 0.3) is 0 Å². The van der Waals surface area contributed by atoms with Crippen LogP contribution < -0.4 is 5.32 Å². The molecule has 202 valence electrons. The molecule has 1 heterocycles. The summed E-state index contributed by atoms with van der Waals surface area (Å²) in [4.78, 5) is 27.0. The smallest absolute Gasteiger partial charge is 0.198 e. The Morgan fingerprint density at radius 3 is 2.24 bits per heavy atom. The van der Waals surface area contributed by atoms with Crippen molar-refractivity contribution in [2.75, 3.05) is 6.61 Å². The fourth-order valence-corrected chi connectivity index (χ4v) is 5.95. The Labute approximate surface area is 220 Å². The van der Waals surface area contributed by atoms with Gasteiger partial charge >= 0.3 is 0 Å². The quantitative estimate of drug-likeness (QED) is 0.252. The van der Waals surface area contributed by atoms with Crippen LogP contribution in [0.5, 0.6) is 11.5 Å². The number of phenolic OH excluding ortho intramolecular Hbond substituents is 2. The third kappa shape index (κ3) is 4.15. The maximum atomic E-state index is 13.5. The number of rotatable bonds is 5. The van der Waals surface area contributed by atoms with Gasteiger partial charge < -0.3 is 35.2 Å². The van der Waals surface area contributed by atoms with E-state index in [2.05, 4.69) is 11.9 Å². The van der Waals surface area contributed by atoms with Gasteiger partial charge in [-0.3, -0.25) is 9.59 Å². The number of benzene rings is 2. The minimum absolute atomic E-state index is 0.00679. The molecule has 1 fully saturated rings. The average molecular weight is 524 g/mol. The van der Waals surface area contributed by atoms with Gasteiger partial charge in [-0.2, -0.15) is 0 Å². The number of carbonyl (C=O) groups is 2. The standard InChI is InChI=1S/C29H33NO8/c1-13(2)29(30-14(3)4)10-17-22(20(11-29)38-21-9-18(31)19(32)12-37-21)28(36)24-23(27(17)35)25(33)15-7-5-6-8-16(15)26(24)34/h5-8,14,18-21,30-32,35-36H,1,9-12H2,2-4H3/t18-,19+,20-,21-,29-/m0/s1. The topological polar surface area (TPSA) is 146 Å². The predicted molar refractivity (Wildman–Crippen MR) is 137 cm³/mol. The van der Waals surface area contributed by atoms with Crippen LogP contribution in [0.15, 0.2) is 36.4 Å². The lowest BCUT2D eigenvalue weighted by Crippen LogP contribution is -2.54. The highest BCUT2D eigenvalue weighted by atomic mass is 16.7. The van der Waals surface area contributed by atoms with Crippen LogP contribution in [0.1, 0.15) is 82.7 Å². The van der Waals surface area contributed by atoms with Crippen molar-refractivity contribution in [1.82, 2.24) is 5.32 Å². The van der Waals surface area contributed by atoms with E-state index in [1.54, 1.807) is 12.1 Å². The molecule has 0 unspecified atom stereocenters. The first-order valence-corrected chi connectivity index (χ1v) is 12.8. The van der Waals surface area contributed by atoms with E-state index < -0.39 is 47.5 Å². The lowest BCUT2D eigenvalue weighted by Gasteiger charge is -2.46. The Morgan fingerprint density at radius 1 is 1.08 bits per heavy atom. The van der Waals surface area contributed by atoms with Gasteiger partial charge in [-0.1, -0.05) is 50.3 Å². The molecule has 0 amide bonds. The molecule has 0 bridgehead atoms. The second-order valence-electron chi connectivity index (χ2n) is 10.8. The first-order chi connectivity index (χ1) is 17.9. The summed E-state index contributed by atoms with van der Waals surface area (Å²) in [6.45, 7) is 9.86. The maximum Gasteiger partial charge on any atom is 0.198 e. The largest absolute Gasteiger partial charge is 0.507 e. The number of carbonyl (C=O) groups excluding carboxylic acids is 2. The summed E-state index contributed by atoms with van der Waals surface area (Å²) in [5, 5.41) is 46.7. The summed E-state index contributed by atoms with van der Waals surface area (Å²) >= 11 is 0. The van der Waals surface area contributed by atoms with Crippen LogP contribution in [0.25, 0.3) is 0 Å². The van der Waals surface area contributed by atoms with Crippen LogP contribution in [-0.4, -0.2) is 68.7 Å². The van der Waals surface area contributed by atoms with Gasteiger partial charge in [0.2, 0.25) is 0 Å². The second kappa shape index (κ2) is 9.59. The van der Waals surface area contributed by atoms with Crippen molar-refractivity contribution in [3.8, 4) is 11.5 Å². The SMILES string of the molecule is C=C(C)[C@]1(NC(C)C)Cc2c(O)c3c(c(O)c2[C@@H](O[C@H]2C[C@H](O)[C@H](O)CO2)C1)C(=O)c1ccccc1C3=O. The third-order valence-electron chi connectivity index (χ3n) is 7.82.